The molecule has 0 unspecified atom stereocenters. The van der Waals surface area contributed by atoms with Crippen molar-refractivity contribution in [1.82, 2.24) is 10.1 Å². The molecule has 2 aromatic heterocycles. The Balaban J connectivity index is 1.45. The van der Waals surface area contributed by atoms with E-state index in [4.69, 9.17) is 9.26 Å². The number of anilines is 2. The second kappa shape index (κ2) is 11.1. The number of ether oxygens (including phenoxy) is 1. The number of aliphatic carboxylic acids is 1. The molecule has 2 fully saturated rings. The molecule has 2 saturated carbocycles. The minimum atomic E-state index is -0.933. The first kappa shape index (κ1) is 25.7. The maximum absolute atomic E-state index is 12.9. The molecule has 0 saturated heterocycles. The Labute approximate surface area is 210 Å². The molecule has 0 radical (unpaired) electrons. The first-order valence-corrected chi connectivity index (χ1v) is 12.7. The van der Waals surface area contributed by atoms with Crippen molar-refractivity contribution in [2.24, 2.45) is 17.8 Å². The van der Waals surface area contributed by atoms with Gasteiger partial charge in [0, 0.05) is 0 Å². The quantitative estimate of drug-likeness (QED) is 0.466. The summed E-state index contributed by atoms with van der Waals surface area (Å²) >= 11 is 0. The Morgan fingerprint density at radius 1 is 1.00 bits per heavy atom. The highest BCUT2D eigenvalue weighted by molar-refractivity contribution is 5.96. The highest BCUT2D eigenvalue weighted by atomic mass is 16.6. The first-order chi connectivity index (χ1) is 17.2. The van der Waals surface area contributed by atoms with Gasteiger partial charge in [-0.05, 0) is 64.5 Å². The molecule has 0 bridgehead atoms. The van der Waals surface area contributed by atoms with Gasteiger partial charge in [0.15, 0.2) is 0 Å². The van der Waals surface area contributed by atoms with Crippen molar-refractivity contribution in [3.8, 4) is 11.5 Å². The zero-order valence-electron chi connectivity index (χ0n) is 21.0. The van der Waals surface area contributed by atoms with Gasteiger partial charge in [0.25, 0.3) is 0 Å². The lowest BCUT2D eigenvalue weighted by Gasteiger charge is -2.27. The van der Waals surface area contributed by atoms with Crippen molar-refractivity contribution in [1.29, 1.82) is 0 Å². The molecule has 2 aliphatic rings. The summed E-state index contributed by atoms with van der Waals surface area (Å²) in [7, 11) is 0. The summed E-state index contributed by atoms with van der Waals surface area (Å²) in [5.74, 6) is -1.81. The normalized spacial score (nSPS) is 21.1. The molecule has 36 heavy (non-hydrogen) atoms. The number of carbonyl (C=O) groups excluding carboxylic acids is 2. The van der Waals surface area contributed by atoms with E-state index in [1.165, 1.54) is 0 Å². The number of hydrogen-bond acceptors (Lipinski definition) is 7. The summed E-state index contributed by atoms with van der Waals surface area (Å²) < 4.78 is 11.1. The van der Waals surface area contributed by atoms with Gasteiger partial charge >= 0.3 is 12.1 Å². The maximum Gasteiger partial charge on any atom is 0.412 e. The van der Waals surface area contributed by atoms with Gasteiger partial charge in [-0.15, -0.1) is 0 Å². The summed E-state index contributed by atoms with van der Waals surface area (Å²) in [5, 5.41) is 19.1. The fourth-order valence-electron chi connectivity index (χ4n) is 5.30. The zero-order chi connectivity index (χ0) is 25.8. The Morgan fingerprint density at radius 3 is 2.33 bits per heavy atom. The summed E-state index contributed by atoms with van der Waals surface area (Å²) in [6.45, 7) is 5.37. The molecule has 3 N–H and O–H groups in total. The Kier molecular flexibility index (Phi) is 7.91. The lowest BCUT2D eigenvalue weighted by atomic mass is 9.78. The third-order valence-corrected chi connectivity index (χ3v) is 7.44. The summed E-state index contributed by atoms with van der Waals surface area (Å²) in [6.07, 6.45) is 6.42. The van der Waals surface area contributed by atoms with E-state index in [1.54, 1.807) is 26.0 Å². The molecule has 3 atom stereocenters. The third kappa shape index (κ3) is 5.68. The van der Waals surface area contributed by atoms with Gasteiger partial charge in [0.1, 0.15) is 23.2 Å². The van der Waals surface area contributed by atoms with Crippen molar-refractivity contribution >= 4 is 29.3 Å². The van der Waals surface area contributed by atoms with Crippen LogP contribution in [0.4, 0.5) is 16.2 Å². The number of amides is 2. The van der Waals surface area contributed by atoms with Crippen molar-refractivity contribution in [3.63, 3.8) is 0 Å². The van der Waals surface area contributed by atoms with E-state index in [2.05, 4.69) is 20.8 Å². The number of carbonyl (C=O) groups is 3. The average Bonchev–Trinajstić information content (AvgIpc) is 3.51. The largest absolute Gasteiger partial charge is 0.481 e. The number of nitrogens with zero attached hydrogens (tertiary/aromatic N) is 2. The lowest BCUT2D eigenvalue weighted by Crippen LogP contribution is -2.36. The maximum atomic E-state index is 12.9. The van der Waals surface area contributed by atoms with Gasteiger partial charge in [-0.25, -0.2) is 9.78 Å². The van der Waals surface area contributed by atoms with Crippen LogP contribution in [-0.4, -0.2) is 39.3 Å². The van der Waals surface area contributed by atoms with E-state index in [-0.39, 0.29) is 17.8 Å². The van der Waals surface area contributed by atoms with Crippen molar-refractivity contribution in [2.45, 2.75) is 78.2 Å². The molecule has 0 aromatic carbocycles. The Hall–Kier alpha value is -3.43. The Bertz CT molecular complexity index is 1120. The van der Waals surface area contributed by atoms with Crippen LogP contribution in [0.2, 0.25) is 0 Å². The van der Waals surface area contributed by atoms with Gasteiger partial charge < -0.3 is 19.7 Å². The van der Waals surface area contributed by atoms with E-state index >= 15 is 0 Å². The second-order valence-electron chi connectivity index (χ2n) is 9.91. The Morgan fingerprint density at radius 2 is 1.67 bits per heavy atom. The molecule has 4 rings (SSSR count). The fraction of sp³-hybridized carbons (Fsp3) is 0.577. The molecular weight excluding hydrogens is 464 g/mol. The van der Waals surface area contributed by atoms with Gasteiger partial charge in [-0.2, -0.15) is 0 Å². The SMILES string of the molecule is Cc1nc(-c2onc(C)c2NC(=O)O[C@H](C)C2CCCC2)ccc1NC(=O)[C@H]1CCCC[C@@H]1C(=O)O. The topological polar surface area (TPSA) is 144 Å². The van der Waals surface area contributed by atoms with E-state index in [0.29, 0.717) is 47.2 Å². The van der Waals surface area contributed by atoms with Crippen LogP contribution in [0.5, 0.6) is 0 Å². The zero-order valence-corrected chi connectivity index (χ0v) is 21.0. The molecule has 2 heterocycles. The minimum Gasteiger partial charge on any atom is -0.481 e. The number of rotatable bonds is 7. The number of carboxylic acid groups (broad SMARTS) is 1. The molecule has 2 aliphatic carbocycles. The fourth-order valence-corrected chi connectivity index (χ4v) is 5.30. The third-order valence-electron chi connectivity index (χ3n) is 7.44. The standard InChI is InChI=1S/C26H34N4O6/c1-14-20(28-24(31)18-10-6-7-11-19(18)25(32)33)12-13-21(27-14)23-22(15(2)30-36-23)29-26(34)35-16(3)17-8-4-5-9-17/h12-13,16-19H,4-11H2,1-3H3,(H,28,31)(H,29,34)(H,32,33)/t16-,18+,19+/m1/s1. The molecule has 10 nitrogen and oxygen atoms in total. The molecule has 10 heteroatoms. The van der Waals surface area contributed by atoms with E-state index in [1.807, 2.05) is 6.92 Å². The number of aromatic nitrogens is 2. The van der Waals surface area contributed by atoms with Crippen LogP contribution < -0.4 is 10.6 Å². The average molecular weight is 499 g/mol. The summed E-state index contributed by atoms with van der Waals surface area (Å²) in [5.41, 5.74) is 2.33. The van der Waals surface area contributed by atoms with Gasteiger partial charge in [0.2, 0.25) is 11.7 Å². The number of hydrogen-bond donors (Lipinski definition) is 3. The molecule has 194 valence electrons. The number of aryl methyl sites for hydroxylation is 2. The van der Waals surface area contributed by atoms with Crippen LogP contribution in [-0.2, 0) is 14.3 Å². The number of pyridine rings is 1. The van der Waals surface area contributed by atoms with Gasteiger partial charge in [-0.3, -0.25) is 14.9 Å². The van der Waals surface area contributed by atoms with Crippen LogP contribution >= 0.6 is 0 Å². The molecular formula is C26H34N4O6. The summed E-state index contributed by atoms with van der Waals surface area (Å²) in [4.78, 5) is 41.5. The van der Waals surface area contributed by atoms with Crippen LogP contribution in [0, 0.1) is 31.6 Å². The summed E-state index contributed by atoms with van der Waals surface area (Å²) in [6, 6.07) is 3.35. The molecule has 0 aliphatic heterocycles. The van der Waals surface area contributed by atoms with E-state index in [0.717, 1.165) is 38.5 Å². The highest BCUT2D eigenvalue weighted by Gasteiger charge is 2.36. The molecule has 2 amide bonds. The second-order valence-corrected chi connectivity index (χ2v) is 9.91. The molecule has 0 spiro atoms. The van der Waals surface area contributed by atoms with Crippen molar-refractivity contribution in [2.75, 3.05) is 10.6 Å². The van der Waals surface area contributed by atoms with Gasteiger partial charge in [0.05, 0.1) is 23.2 Å². The first-order valence-electron chi connectivity index (χ1n) is 12.7. The van der Waals surface area contributed by atoms with Crippen LogP contribution in [0.3, 0.4) is 0 Å². The minimum absolute atomic E-state index is 0.177. The smallest absolute Gasteiger partial charge is 0.412 e. The van der Waals surface area contributed by atoms with Gasteiger partial charge in [-0.1, -0.05) is 30.8 Å². The monoisotopic (exact) mass is 498 g/mol. The van der Waals surface area contributed by atoms with Crippen LogP contribution in [0.25, 0.3) is 11.5 Å². The predicted octanol–water partition coefficient (Wildman–Crippen LogP) is 5.31. The molecule has 2 aromatic rings. The van der Waals surface area contributed by atoms with Crippen LogP contribution in [0.15, 0.2) is 16.7 Å². The van der Waals surface area contributed by atoms with Crippen LogP contribution in [0.1, 0.15) is 69.7 Å². The van der Waals surface area contributed by atoms with Crippen molar-refractivity contribution in [3.05, 3.63) is 23.5 Å². The van der Waals surface area contributed by atoms with E-state index in [9.17, 15) is 19.5 Å². The van der Waals surface area contributed by atoms with E-state index < -0.39 is 23.9 Å². The highest BCUT2D eigenvalue weighted by Crippen LogP contribution is 2.34. The predicted molar refractivity (Wildman–Crippen MR) is 132 cm³/mol. The number of carboxylic acids is 1. The number of nitrogens with one attached hydrogen (secondary N) is 2. The van der Waals surface area contributed by atoms with Crippen molar-refractivity contribution < 1.29 is 28.8 Å². The lowest BCUT2D eigenvalue weighted by molar-refractivity contribution is -0.147.